The molecule has 0 bridgehead atoms. The number of aryl methyl sites for hydroxylation is 5. The number of hydrogen-bond donors (Lipinski definition) is 1. The molecule has 1 aliphatic carbocycles. The van der Waals surface area contributed by atoms with E-state index < -0.39 is 5.97 Å². The molecule has 1 amide bonds. The Bertz CT molecular complexity index is 2200. The molecule has 3 heterocycles. The van der Waals surface area contributed by atoms with E-state index in [0.717, 1.165) is 66.3 Å². The van der Waals surface area contributed by atoms with Gasteiger partial charge in [0.25, 0.3) is 5.91 Å². The third-order valence-corrected chi connectivity index (χ3v) is 11.6. The molecule has 10 heteroatoms. The number of nitrogens with zero attached hydrogens (tertiary/aromatic N) is 3. The number of likely N-dealkylation sites (N-methyl/N-ethyl adjacent to an activating group) is 1. The number of esters is 1. The van der Waals surface area contributed by atoms with Gasteiger partial charge in [-0.1, -0.05) is 41.4 Å². The first-order valence-corrected chi connectivity index (χ1v) is 18.4. The zero-order valence-electron chi connectivity index (χ0n) is 30.5. The maximum absolute atomic E-state index is 15.1. The van der Waals surface area contributed by atoms with E-state index in [0.29, 0.717) is 42.3 Å². The molecule has 3 unspecified atom stereocenters. The fourth-order valence-electron chi connectivity index (χ4n) is 8.35. The van der Waals surface area contributed by atoms with E-state index in [1.54, 1.807) is 18.2 Å². The van der Waals surface area contributed by atoms with Crippen LogP contribution in [0.3, 0.4) is 0 Å². The van der Waals surface area contributed by atoms with Crippen molar-refractivity contribution in [3.8, 4) is 22.6 Å². The summed E-state index contributed by atoms with van der Waals surface area (Å²) in [5, 5.41) is 12.7. The van der Waals surface area contributed by atoms with E-state index in [1.165, 1.54) is 7.11 Å². The molecule has 2 aliphatic heterocycles. The molecule has 8 nitrogen and oxygen atoms in total. The minimum atomic E-state index is -0.403. The number of hydrogen-bond acceptors (Lipinski definition) is 6. The van der Waals surface area contributed by atoms with Crippen molar-refractivity contribution in [1.82, 2.24) is 14.4 Å². The molecule has 0 saturated heterocycles. The minimum Gasteiger partial charge on any atom is -0.508 e. The predicted molar refractivity (Wildman–Crippen MR) is 206 cm³/mol. The van der Waals surface area contributed by atoms with Gasteiger partial charge < -0.3 is 28.9 Å². The number of aromatic nitrogens is 1. The molecule has 0 radical (unpaired) electrons. The minimum absolute atomic E-state index is 0.0260. The van der Waals surface area contributed by atoms with Crippen molar-refractivity contribution in [2.24, 2.45) is 5.92 Å². The van der Waals surface area contributed by atoms with Crippen LogP contribution in [0.5, 0.6) is 11.5 Å². The fourth-order valence-corrected chi connectivity index (χ4v) is 8.71. The quantitative estimate of drug-likeness (QED) is 0.144. The summed E-state index contributed by atoms with van der Waals surface area (Å²) in [6, 6.07) is 11.2. The maximum Gasteiger partial charge on any atom is 0.337 e. The molecule has 3 atom stereocenters. The monoisotopic (exact) mass is 739 g/mol. The summed E-state index contributed by atoms with van der Waals surface area (Å²) >= 11 is 13.5. The van der Waals surface area contributed by atoms with E-state index in [2.05, 4.69) is 16.4 Å². The maximum atomic E-state index is 15.1. The van der Waals surface area contributed by atoms with Gasteiger partial charge in [-0.05, 0) is 117 Å². The molecule has 270 valence electrons. The molecule has 0 fully saturated rings. The van der Waals surface area contributed by atoms with Gasteiger partial charge in [0.1, 0.15) is 17.2 Å². The number of phenols is 1. The van der Waals surface area contributed by atoms with Crippen molar-refractivity contribution in [3.63, 3.8) is 0 Å². The lowest BCUT2D eigenvalue weighted by molar-refractivity contribution is -0.135. The molecular weight excluding hydrogens is 697 g/mol. The molecule has 1 aromatic heterocycles. The summed E-state index contributed by atoms with van der Waals surface area (Å²) in [5.41, 5.74) is 9.29. The highest BCUT2D eigenvalue weighted by Crippen LogP contribution is 2.47. The zero-order valence-corrected chi connectivity index (χ0v) is 32.0. The van der Waals surface area contributed by atoms with Gasteiger partial charge in [-0.15, -0.1) is 0 Å². The van der Waals surface area contributed by atoms with Crippen LogP contribution in [-0.4, -0.2) is 64.7 Å². The van der Waals surface area contributed by atoms with Crippen LogP contribution in [0.4, 0.5) is 0 Å². The first-order valence-electron chi connectivity index (χ1n) is 17.6. The van der Waals surface area contributed by atoms with E-state index >= 15 is 4.79 Å². The first-order chi connectivity index (χ1) is 24.8. The van der Waals surface area contributed by atoms with E-state index in [9.17, 15) is 9.90 Å². The van der Waals surface area contributed by atoms with Gasteiger partial charge in [0.2, 0.25) is 0 Å². The van der Waals surface area contributed by atoms with Gasteiger partial charge in [-0.2, -0.15) is 0 Å². The van der Waals surface area contributed by atoms with Gasteiger partial charge in [0.05, 0.1) is 35.9 Å². The average molecular weight is 741 g/mol. The number of carbonyl (C=O) groups is 2. The summed E-state index contributed by atoms with van der Waals surface area (Å²) in [7, 11) is 3.37. The Kier molecular flexibility index (Phi) is 9.42. The Morgan fingerprint density at radius 2 is 1.69 bits per heavy atom. The van der Waals surface area contributed by atoms with Crippen LogP contribution in [0.25, 0.3) is 22.0 Å². The van der Waals surface area contributed by atoms with Crippen molar-refractivity contribution in [1.29, 1.82) is 0 Å². The Balaban J connectivity index is 1.34. The summed E-state index contributed by atoms with van der Waals surface area (Å²) < 4.78 is 13.4. The van der Waals surface area contributed by atoms with Crippen LogP contribution >= 0.6 is 23.2 Å². The van der Waals surface area contributed by atoms with E-state index in [4.69, 9.17) is 32.7 Å². The second-order valence-electron chi connectivity index (χ2n) is 14.3. The number of aromatic hydroxyl groups is 1. The Morgan fingerprint density at radius 1 is 1.00 bits per heavy atom. The van der Waals surface area contributed by atoms with Gasteiger partial charge in [0.15, 0.2) is 0 Å². The molecule has 52 heavy (non-hydrogen) atoms. The van der Waals surface area contributed by atoms with Crippen LogP contribution in [0, 0.1) is 33.6 Å². The Hall–Kier alpha value is -4.66. The lowest BCUT2D eigenvalue weighted by atomic mass is 9.89. The second-order valence-corrected chi connectivity index (χ2v) is 15.1. The normalized spacial score (nSPS) is 19.5. The van der Waals surface area contributed by atoms with Crippen LogP contribution in [0.1, 0.15) is 57.7 Å². The zero-order chi connectivity index (χ0) is 37.2. The number of carbonyl (C=O) groups excluding carboxylic acids is 2. The van der Waals surface area contributed by atoms with Crippen molar-refractivity contribution < 1.29 is 24.2 Å². The number of rotatable bonds is 8. The molecule has 3 aliphatic rings. The van der Waals surface area contributed by atoms with Crippen molar-refractivity contribution in [2.75, 3.05) is 27.3 Å². The third kappa shape index (κ3) is 5.96. The summed E-state index contributed by atoms with van der Waals surface area (Å²) in [6.45, 7) is 10.9. The predicted octanol–water partition coefficient (Wildman–Crippen LogP) is 9.02. The number of ether oxygens (including phenoxy) is 2. The molecular formula is C42H43Cl2N3O5. The van der Waals surface area contributed by atoms with Crippen molar-refractivity contribution in [3.05, 3.63) is 116 Å². The van der Waals surface area contributed by atoms with Gasteiger partial charge in [0, 0.05) is 53.4 Å². The van der Waals surface area contributed by atoms with Gasteiger partial charge in [-0.3, -0.25) is 4.79 Å². The number of phenolic OH excluding ortho intramolecular Hbond substituents is 1. The van der Waals surface area contributed by atoms with Crippen molar-refractivity contribution >= 4 is 46.0 Å². The van der Waals surface area contributed by atoms with Crippen LogP contribution < -0.4 is 4.74 Å². The Labute approximate surface area is 314 Å². The lowest BCUT2D eigenvalue weighted by Crippen LogP contribution is -2.43. The number of halogens is 2. The summed E-state index contributed by atoms with van der Waals surface area (Å²) in [5.74, 6) is 0.254. The van der Waals surface area contributed by atoms with E-state index in [-0.39, 0.29) is 29.7 Å². The lowest BCUT2D eigenvalue weighted by Gasteiger charge is -2.37. The SMILES string of the molecule is COC(=O)C1=CC2C(N3CC(C)n4c(c(CCCOc5cc(C)c(Cl)c(C)c5)c5ccc(Cl)c(-c6c(C)cc(O)cc6C)c54)C3=O)=CN(C)C2C=C1. The average Bonchev–Trinajstić information content (AvgIpc) is 3.61. The largest absolute Gasteiger partial charge is 0.508 e. The third-order valence-electron chi connectivity index (χ3n) is 10.7. The topological polar surface area (TPSA) is 84.2 Å². The summed E-state index contributed by atoms with van der Waals surface area (Å²) in [6.07, 6.45) is 8.99. The summed E-state index contributed by atoms with van der Waals surface area (Å²) in [4.78, 5) is 31.6. The first kappa shape index (κ1) is 35.7. The second kappa shape index (κ2) is 13.7. The van der Waals surface area contributed by atoms with Crippen molar-refractivity contribution in [2.45, 2.75) is 59.5 Å². The Morgan fingerprint density at radius 3 is 2.37 bits per heavy atom. The highest BCUT2D eigenvalue weighted by atomic mass is 35.5. The van der Waals surface area contributed by atoms with Crippen LogP contribution in [0.15, 0.2) is 72.1 Å². The van der Waals surface area contributed by atoms with Crippen LogP contribution in [-0.2, 0) is 16.0 Å². The highest BCUT2D eigenvalue weighted by molar-refractivity contribution is 6.35. The van der Waals surface area contributed by atoms with Gasteiger partial charge >= 0.3 is 5.97 Å². The smallest absolute Gasteiger partial charge is 0.337 e. The highest BCUT2D eigenvalue weighted by Gasteiger charge is 2.43. The standard InChI is InChI=1S/C42H43Cl2N3O5/c1-22-15-28(48)16-23(2)36(22)37-33(43)12-11-31-30(9-8-14-52-29-17-24(3)38(44)25(4)18-29)40-41(49)46(20-26(5)47(40)39(31)37)35-21-45(6)34-13-10-27(19-32(34)35)42(50)51-7/h10-13,15-19,21,26,32,34,48H,8-9,14,20H2,1-7H3. The molecule has 4 aromatic rings. The number of methoxy groups -OCH3 is 1. The molecule has 3 aromatic carbocycles. The number of fused-ring (bicyclic) bond motifs is 4. The molecule has 0 spiro atoms. The van der Waals surface area contributed by atoms with Crippen LogP contribution in [0.2, 0.25) is 10.0 Å². The molecule has 0 saturated carbocycles. The van der Waals surface area contributed by atoms with E-state index in [1.807, 2.05) is 82.3 Å². The fraction of sp³-hybridized carbons (Fsp3) is 0.333. The van der Waals surface area contributed by atoms with Gasteiger partial charge in [-0.25, -0.2) is 4.79 Å². The number of amides is 1. The number of benzene rings is 3. The molecule has 7 rings (SSSR count). The molecule has 1 N–H and O–H groups in total.